The average molecular weight is 586 g/mol. The Labute approximate surface area is 253 Å². The van der Waals surface area contributed by atoms with E-state index >= 15 is 0 Å². The molecule has 4 aromatic carbocycles. The fourth-order valence-corrected chi connectivity index (χ4v) is 6.51. The molecule has 44 heavy (non-hydrogen) atoms. The number of nitro benzene ring substituents is 1. The molecule has 0 N–H and O–H groups in total. The zero-order chi connectivity index (χ0) is 30.8. The number of hydrogen-bond acceptors (Lipinski definition) is 8. The van der Waals surface area contributed by atoms with E-state index in [1.54, 1.807) is 11.1 Å². The minimum absolute atomic E-state index is 0.164. The van der Waals surface area contributed by atoms with Crippen molar-refractivity contribution in [1.29, 1.82) is 5.26 Å². The molecule has 9 heteroatoms. The van der Waals surface area contributed by atoms with Crippen molar-refractivity contribution in [2.24, 2.45) is 5.41 Å². The lowest BCUT2D eigenvalue weighted by atomic mass is 9.67. The molecule has 0 aliphatic carbocycles. The van der Waals surface area contributed by atoms with Gasteiger partial charge in [-0.15, -0.1) is 0 Å². The number of carbonyl (C=O) groups excluding carboxylic acids is 2. The molecule has 9 nitrogen and oxygen atoms in total. The van der Waals surface area contributed by atoms with Crippen LogP contribution in [-0.2, 0) is 19.1 Å². The Morgan fingerprint density at radius 3 is 2.07 bits per heavy atom. The lowest BCUT2D eigenvalue weighted by Gasteiger charge is -2.35. The van der Waals surface area contributed by atoms with Crippen molar-refractivity contribution in [2.45, 2.75) is 24.1 Å². The second-order valence-corrected chi connectivity index (χ2v) is 10.7. The lowest BCUT2D eigenvalue weighted by Crippen LogP contribution is -2.41. The smallest absolute Gasteiger partial charge is 0.330 e. The molecule has 2 aliphatic heterocycles. The summed E-state index contributed by atoms with van der Waals surface area (Å²) in [6, 6.07) is 31.7. The van der Waals surface area contributed by atoms with Crippen LogP contribution >= 0.6 is 0 Å². The summed E-state index contributed by atoms with van der Waals surface area (Å²) in [4.78, 5) is 41.1. The summed E-state index contributed by atoms with van der Waals surface area (Å²) < 4.78 is 11.6. The standard InChI is InChI=1S/C35H27N3O6/c1-43-34(40)35(22-36)29(24-16-18-27(19-17-24)38(41)42)30(37-21-20-23-10-8-9-15-28(23)32(35)37)33(39)44-31(25-11-4-2-5-12-25)26-13-6-3-7-14-26/h2-21,29-32H,1H3/t29-,30+,32-,35-/m1/s1. The molecule has 0 radical (unpaired) electrons. The number of non-ortho nitro benzene ring substituents is 1. The molecular weight excluding hydrogens is 558 g/mol. The minimum Gasteiger partial charge on any atom is -0.468 e. The first-order chi connectivity index (χ1) is 21.4. The zero-order valence-corrected chi connectivity index (χ0v) is 23.6. The van der Waals surface area contributed by atoms with E-state index in [0.29, 0.717) is 11.1 Å². The number of fused-ring (bicyclic) bond motifs is 3. The number of nitro groups is 1. The normalized spacial score (nSPS) is 21.6. The molecule has 0 amide bonds. The van der Waals surface area contributed by atoms with E-state index in [4.69, 9.17) is 9.47 Å². The van der Waals surface area contributed by atoms with Crippen LogP contribution in [0.2, 0.25) is 0 Å². The number of nitriles is 1. The van der Waals surface area contributed by atoms with Crippen molar-refractivity contribution < 1.29 is 24.0 Å². The van der Waals surface area contributed by atoms with Crippen LogP contribution in [0, 0.1) is 26.9 Å². The maximum Gasteiger partial charge on any atom is 0.330 e. The van der Waals surface area contributed by atoms with Crippen molar-refractivity contribution in [3.05, 3.63) is 153 Å². The summed E-state index contributed by atoms with van der Waals surface area (Å²) in [5, 5.41) is 22.4. The van der Waals surface area contributed by atoms with Gasteiger partial charge in [0.1, 0.15) is 6.04 Å². The SMILES string of the molecule is COC(=O)[C@]1(C#N)[C@H](c2ccc([N+](=O)[O-])cc2)[C@@H](C(=O)OC(c2ccccc2)c2ccccc2)N2C=Cc3ccccc3[C@@H]21. The predicted octanol–water partition coefficient (Wildman–Crippen LogP) is 6.10. The largest absolute Gasteiger partial charge is 0.468 e. The van der Waals surface area contributed by atoms with E-state index < -0.39 is 46.4 Å². The zero-order valence-electron chi connectivity index (χ0n) is 23.6. The summed E-state index contributed by atoms with van der Waals surface area (Å²) in [7, 11) is 1.20. The fourth-order valence-electron chi connectivity index (χ4n) is 6.51. The quantitative estimate of drug-likeness (QED) is 0.145. The molecule has 1 fully saturated rings. The van der Waals surface area contributed by atoms with Gasteiger partial charge < -0.3 is 14.4 Å². The van der Waals surface area contributed by atoms with Gasteiger partial charge in [0, 0.05) is 24.3 Å². The van der Waals surface area contributed by atoms with Crippen LogP contribution in [0.5, 0.6) is 0 Å². The first kappa shape index (κ1) is 28.4. The maximum atomic E-state index is 14.6. The first-order valence-corrected chi connectivity index (χ1v) is 14.0. The van der Waals surface area contributed by atoms with Crippen LogP contribution in [-0.4, -0.2) is 34.9 Å². The Kier molecular flexibility index (Phi) is 7.41. The third kappa shape index (κ3) is 4.57. The summed E-state index contributed by atoms with van der Waals surface area (Å²) in [5.41, 5.74) is 1.26. The molecular formula is C35H27N3O6. The number of benzene rings is 4. The van der Waals surface area contributed by atoms with Gasteiger partial charge in [-0.05, 0) is 33.9 Å². The lowest BCUT2D eigenvalue weighted by molar-refractivity contribution is -0.384. The Hall–Kier alpha value is -5.75. The Balaban J connectivity index is 1.54. The van der Waals surface area contributed by atoms with Gasteiger partial charge in [-0.2, -0.15) is 5.26 Å². The number of rotatable bonds is 7. The Bertz CT molecular complexity index is 1750. The molecule has 0 saturated carbocycles. The van der Waals surface area contributed by atoms with Crippen LogP contribution in [0.3, 0.4) is 0 Å². The van der Waals surface area contributed by atoms with Gasteiger partial charge in [-0.3, -0.25) is 14.9 Å². The van der Waals surface area contributed by atoms with Gasteiger partial charge in [-0.25, -0.2) is 4.79 Å². The van der Waals surface area contributed by atoms with Crippen molar-refractivity contribution in [2.75, 3.05) is 7.11 Å². The minimum atomic E-state index is -1.91. The number of ether oxygens (including phenoxy) is 2. The predicted molar refractivity (Wildman–Crippen MR) is 161 cm³/mol. The van der Waals surface area contributed by atoms with E-state index in [2.05, 4.69) is 6.07 Å². The average Bonchev–Trinajstić information content (AvgIpc) is 3.39. The monoisotopic (exact) mass is 585 g/mol. The summed E-state index contributed by atoms with van der Waals surface area (Å²) in [5.74, 6) is -2.59. The van der Waals surface area contributed by atoms with Gasteiger partial charge in [0.25, 0.3) is 5.69 Å². The first-order valence-electron chi connectivity index (χ1n) is 14.0. The molecule has 218 valence electrons. The van der Waals surface area contributed by atoms with Crippen LogP contribution in [0.1, 0.15) is 45.9 Å². The summed E-state index contributed by atoms with van der Waals surface area (Å²) >= 11 is 0. The highest BCUT2D eigenvalue weighted by Gasteiger charge is 2.68. The van der Waals surface area contributed by atoms with Crippen LogP contribution in [0.25, 0.3) is 6.08 Å². The summed E-state index contributed by atoms with van der Waals surface area (Å²) in [6.07, 6.45) is 2.76. The topological polar surface area (TPSA) is 123 Å². The number of carbonyl (C=O) groups is 2. The highest BCUT2D eigenvalue weighted by molar-refractivity contribution is 5.90. The second-order valence-electron chi connectivity index (χ2n) is 10.7. The van der Waals surface area contributed by atoms with Crippen molar-refractivity contribution in [3.8, 4) is 6.07 Å². The van der Waals surface area contributed by atoms with Gasteiger partial charge in [0.05, 0.1) is 24.1 Å². The number of esters is 2. The van der Waals surface area contributed by atoms with Crippen molar-refractivity contribution in [3.63, 3.8) is 0 Å². The van der Waals surface area contributed by atoms with E-state index in [-0.39, 0.29) is 5.69 Å². The molecule has 4 atom stereocenters. The molecule has 0 unspecified atom stereocenters. The van der Waals surface area contributed by atoms with Crippen molar-refractivity contribution >= 4 is 23.7 Å². The van der Waals surface area contributed by atoms with E-state index in [9.17, 15) is 25.0 Å². The molecule has 4 aromatic rings. The van der Waals surface area contributed by atoms with Crippen molar-refractivity contribution in [1.82, 2.24) is 4.90 Å². The number of nitrogens with zero attached hydrogens (tertiary/aromatic N) is 3. The van der Waals surface area contributed by atoms with E-state index in [0.717, 1.165) is 16.7 Å². The van der Waals surface area contributed by atoms with Gasteiger partial charge in [0.15, 0.2) is 11.5 Å². The molecule has 6 rings (SSSR count). The molecule has 0 aromatic heterocycles. The Morgan fingerprint density at radius 2 is 1.50 bits per heavy atom. The summed E-state index contributed by atoms with van der Waals surface area (Å²) in [6.45, 7) is 0. The van der Waals surface area contributed by atoms with Crippen LogP contribution in [0.15, 0.2) is 115 Å². The van der Waals surface area contributed by atoms with E-state index in [1.165, 1.54) is 31.4 Å². The third-order valence-electron chi connectivity index (χ3n) is 8.43. The molecule has 1 saturated heterocycles. The highest BCUT2D eigenvalue weighted by Crippen LogP contribution is 2.60. The third-order valence-corrected chi connectivity index (χ3v) is 8.43. The van der Waals surface area contributed by atoms with E-state index in [1.807, 2.05) is 91.0 Å². The van der Waals surface area contributed by atoms with Gasteiger partial charge in [0.2, 0.25) is 0 Å². The number of hydrogen-bond donors (Lipinski definition) is 0. The molecule has 2 heterocycles. The van der Waals surface area contributed by atoms with Crippen LogP contribution < -0.4 is 0 Å². The fraction of sp³-hybridized carbons (Fsp3) is 0.171. The molecule has 0 spiro atoms. The van der Waals surface area contributed by atoms with Crippen LogP contribution in [0.4, 0.5) is 5.69 Å². The second kappa shape index (κ2) is 11.5. The highest BCUT2D eigenvalue weighted by atomic mass is 16.6. The van der Waals surface area contributed by atoms with Gasteiger partial charge >= 0.3 is 11.9 Å². The maximum absolute atomic E-state index is 14.6. The Morgan fingerprint density at radius 1 is 0.909 bits per heavy atom. The van der Waals surface area contributed by atoms with Gasteiger partial charge in [-0.1, -0.05) is 97.1 Å². The number of methoxy groups -OCH3 is 1. The molecule has 2 aliphatic rings. The molecule has 0 bridgehead atoms.